The van der Waals surface area contributed by atoms with Crippen LogP contribution >= 0.6 is 24.9 Å². The zero-order valence-electron chi connectivity index (χ0n) is 10.9. The molecule has 0 aromatic rings. The second-order valence-electron chi connectivity index (χ2n) is 3.16. The minimum atomic E-state index is 0. The molecule has 100 valence electrons. The average molecular weight is 352 g/mol. The first-order valence-corrected chi connectivity index (χ1v) is 8.97. The molecule has 16 heavy (non-hydrogen) atoms. The minimum absolute atomic E-state index is 0. The van der Waals surface area contributed by atoms with E-state index in [1.165, 1.54) is 34.8 Å². The maximum absolute atomic E-state index is 2.29. The van der Waals surface area contributed by atoms with Crippen LogP contribution in [-0.2, 0) is 14.4 Å². The maximum atomic E-state index is 2.29. The van der Waals surface area contributed by atoms with Crippen LogP contribution in [-0.4, -0.2) is 18.5 Å². The van der Waals surface area contributed by atoms with Gasteiger partial charge in [-0.25, -0.2) is 0 Å². The van der Waals surface area contributed by atoms with E-state index in [0.29, 0.717) is 7.92 Å². The van der Waals surface area contributed by atoms with Gasteiger partial charge in [0.2, 0.25) is 0 Å². The number of allylic oxidation sites excluding steroid dienone is 4. The third-order valence-corrected chi connectivity index (χ3v) is 6.15. The van der Waals surface area contributed by atoms with Crippen LogP contribution in [0.15, 0.2) is 22.8 Å². The van der Waals surface area contributed by atoms with E-state index >= 15 is 0 Å². The first-order chi connectivity index (χ1) is 7.28. The van der Waals surface area contributed by atoms with Gasteiger partial charge in [-0.05, 0) is 18.5 Å². The third-order valence-electron chi connectivity index (χ3n) is 2.30. The Kier molecular flexibility index (Phi) is 16.8. The van der Waals surface area contributed by atoms with Crippen molar-refractivity contribution in [3.8, 4) is 0 Å². The molecule has 3 heteroatoms. The standard InChI is InChI=1S/C6H15P.C5H5.C2H5.BrH.Ni/c1-4-7(5-2)6-3;1-2-4-5-3-1;1-2;;/h4-6H2,1-3H3;1-3H,4H2;1H2,2H3;1H;. The predicted octanol–water partition coefficient (Wildman–Crippen LogP) is 5.46. The molecular weight excluding hydrogens is 326 g/mol. The SMILES string of the molecule is Br.CCP(CC)CC.C[CH2][Ni][C]1=CC=CC1. The topological polar surface area (TPSA) is 0 Å². The van der Waals surface area contributed by atoms with Crippen molar-refractivity contribution in [2.24, 2.45) is 0 Å². The third kappa shape index (κ3) is 10.1. The van der Waals surface area contributed by atoms with Gasteiger partial charge in [0, 0.05) is 0 Å². The molecule has 0 radical (unpaired) electrons. The van der Waals surface area contributed by atoms with Crippen molar-refractivity contribution in [1.29, 1.82) is 0 Å². The van der Waals surface area contributed by atoms with Crippen molar-refractivity contribution >= 4 is 24.9 Å². The van der Waals surface area contributed by atoms with Crippen molar-refractivity contribution in [2.75, 3.05) is 18.5 Å². The molecule has 0 N–H and O–H groups in total. The summed E-state index contributed by atoms with van der Waals surface area (Å²) in [6.45, 7) is 9.06. The summed E-state index contributed by atoms with van der Waals surface area (Å²) >= 11 is 1.77. The van der Waals surface area contributed by atoms with Crippen LogP contribution in [0, 0.1) is 0 Å². The molecule has 0 fully saturated rings. The molecule has 1 rings (SSSR count). The second kappa shape index (κ2) is 13.9. The van der Waals surface area contributed by atoms with Gasteiger partial charge in [-0.2, -0.15) is 0 Å². The van der Waals surface area contributed by atoms with Gasteiger partial charge in [0.25, 0.3) is 0 Å². The van der Waals surface area contributed by atoms with E-state index in [-0.39, 0.29) is 17.0 Å². The summed E-state index contributed by atoms with van der Waals surface area (Å²) in [6.07, 6.45) is 12.0. The van der Waals surface area contributed by atoms with Crippen molar-refractivity contribution < 1.29 is 14.4 Å². The molecule has 0 spiro atoms. The van der Waals surface area contributed by atoms with Crippen LogP contribution in [0.1, 0.15) is 34.1 Å². The van der Waals surface area contributed by atoms with Crippen LogP contribution in [0.25, 0.3) is 0 Å². The Morgan fingerprint density at radius 1 is 1.12 bits per heavy atom. The van der Waals surface area contributed by atoms with E-state index in [9.17, 15) is 0 Å². The fourth-order valence-corrected chi connectivity index (χ4v) is 3.57. The Labute approximate surface area is 120 Å². The van der Waals surface area contributed by atoms with Gasteiger partial charge in [-0.3, -0.25) is 0 Å². The molecule has 0 aromatic heterocycles. The summed E-state index contributed by atoms with van der Waals surface area (Å²) < 4.78 is 1.53. The number of hydrogen-bond donors (Lipinski definition) is 0. The zero-order chi connectivity index (χ0) is 11.5. The molecular formula is C13H26BrNiP. The predicted molar refractivity (Wildman–Crippen MR) is 81.2 cm³/mol. The molecule has 0 unspecified atom stereocenters. The summed E-state index contributed by atoms with van der Waals surface area (Å²) in [5, 5.41) is 1.22. The molecule has 0 atom stereocenters. The van der Waals surface area contributed by atoms with Crippen LogP contribution < -0.4 is 0 Å². The first-order valence-electron chi connectivity index (χ1n) is 5.88. The number of hydrogen-bond acceptors (Lipinski definition) is 0. The normalized spacial score (nSPS) is 13.2. The molecule has 0 saturated heterocycles. The number of rotatable bonds is 5. The Bertz CT molecular complexity index is 193. The van der Waals surface area contributed by atoms with Crippen LogP contribution in [0.2, 0.25) is 5.39 Å². The molecule has 1 aliphatic rings. The average Bonchev–Trinajstić information content (AvgIpc) is 2.75. The molecule has 0 bridgehead atoms. The van der Waals surface area contributed by atoms with Gasteiger partial charge < -0.3 is 0 Å². The van der Waals surface area contributed by atoms with E-state index in [1.54, 1.807) is 14.4 Å². The monoisotopic (exact) mass is 350 g/mol. The van der Waals surface area contributed by atoms with Crippen molar-refractivity contribution in [3.63, 3.8) is 0 Å². The van der Waals surface area contributed by atoms with E-state index in [0.717, 1.165) is 0 Å². The van der Waals surface area contributed by atoms with Crippen LogP contribution in [0.3, 0.4) is 0 Å². The molecule has 1 aliphatic carbocycles. The zero-order valence-corrected chi connectivity index (χ0v) is 14.5. The van der Waals surface area contributed by atoms with Crippen molar-refractivity contribution in [1.82, 2.24) is 0 Å². The van der Waals surface area contributed by atoms with Gasteiger partial charge in [0.05, 0.1) is 0 Å². The quantitative estimate of drug-likeness (QED) is 0.456. The van der Waals surface area contributed by atoms with Gasteiger partial charge >= 0.3 is 55.9 Å². The molecule has 0 aromatic carbocycles. The van der Waals surface area contributed by atoms with Gasteiger partial charge in [-0.1, -0.05) is 20.8 Å². The summed E-state index contributed by atoms with van der Waals surface area (Å²) in [4.78, 5) is 0. The Hall–Kier alpha value is 0.884. The number of halogens is 1. The molecule has 0 heterocycles. The van der Waals surface area contributed by atoms with E-state index in [2.05, 4.69) is 45.9 Å². The van der Waals surface area contributed by atoms with Crippen LogP contribution in [0.5, 0.6) is 0 Å². The summed E-state index contributed by atoms with van der Waals surface area (Å²) in [5.41, 5.74) is 0. The molecule has 0 nitrogen and oxygen atoms in total. The fraction of sp³-hybridized carbons (Fsp3) is 0.692. The van der Waals surface area contributed by atoms with Gasteiger partial charge in [0.15, 0.2) is 0 Å². The summed E-state index contributed by atoms with van der Waals surface area (Å²) in [6, 6.07) is 0. The Morgan fingerprint density at radius 2 is 1.69 bits per heavy atom. The van der Waals surface area contributed by atoms with E-state index in [1.807, 2.05) is 0 Å². The Balaban J connectivity index is 0. The van der Waals surface area contributed by atoms with E-state index < -0.39 is 0 Å². The van der Waals surface area contributed by atoms with Crippen molar-refractivity contribution in [2.45, 2.75) is 39.5 Å². The molecule has 0 aliphatic heterocycles. The molecule has 0 amide bonds. The van der Waals surface area contributed by atoms with Crippen molar-refractivity contribution in [3.05, 3.63) is 22.8 Å². The molecule has 0 saturated carbocycles. The first kappa shape index (κ1) is 19.2. The van der Waals surface area contributed by atoms with E-state index in [4.69, 9.17) is 0 Å². The van der Waals surface area contributed by atoms with Crippen LogP contribution in [0.4, 0.5) is 0 Å². The second-order valence-corrected chi connectivity index (χ2v) is 8.08. The van der Waals surface area contributed by atoms with Gasteiger partial charge in [0.1, 0.15) is 0 Å². The fourth-order valence-electron chi connectivity index (χ4n) is 1.31. The summed E-state index contributed by atoms with van der Waals surface area (Å²) in [5.74, 6) is 0. The Morgan fingerprint density at radius 3 is 1.94 bits per heavy atom. The van der Waals surface area contributed by atoms with Gasteiger partial charge in [-0.15, -0.1) is 24.9 Å². The summed E-state index contributed by atoms with van der Waals surface area (Å²) in [7, 11) is 0.446.